The first-order valence-corrected chi connectivity index (χ1v) is 9.32. The van der Waals surface area contributed by atoms with Crippen molar-refractivity contribution in [3.8, 4) is 0 Å². The van der Waals surface area contributed by atoms with Crippen LogP contribution in [-0.4, -0.2) is 45.0 Å². The van der Waals surface area contributed by atoms with E-state index in [0.29, 0.717) is 5.69 Å². The number of nitrogens with two attached hydrogens (primary N) is 1. The van der Waals surface area contributed by atoms with E-state index in [9.17, 15) is 13.2 Å². The zero-order valence-electron chi connectivity index (χ0n) is 13.3. The summed E-state index contributed by atoms with van der Waals surface area (Å²) in [6.45, 7) is 4.91. The number of sulfonamides is 1. The fraction of sp³-hybridized carbons (Fsp3) is 0.533. The highest BCUT2D eigenvalue weighted by Gasteiger charge is 2.15. The van der Waals surface area contributed by atoms with Crippen LogP contribution < -0.4 is 15.8 Å². The molecule has 1 heterocycles. The van der Waals surface area contributed by atoms with Crippen molar-refractivity contribution in [2.24, 2.45) is 5.14 Å². The van der Waals surface area contributed by atoms with E-state index in [0.717, 1.165) is 19.6 Å². The average Bonchev–Trinajstić information content (AvgIpc) is 2.47. The Morgan fingerprint density at radius 2 is 2.00 bits per heavy atom. The summed E-state index contributed by atoms with van der Waals surface area (Å²) >= 11 is 0. The number of benzene rings is 1. The molecule has 0 spiro atoms. The quantitative estimate of drug-likeness (QED) is 0.752. The maximum absolute atomic E-state index is 12.0. The molecule has 23 heavy (non-hydrogen) atoms. The molecule has 0 bridgehead atoms. The van der Waals surface area contributed by atoms with E-state index in [1.54, 1.807) is 6.07 Å². The molecule has 7 nitrogen and oxygen atoms in total. The molecular weight excluding hydrogens is 316 g/mol. The van der Waals surface area contributed by atoms with Gasteiger partial charge in [0.15, 0.2) is 0 Å². The summed E-state index contributed by atoms with van der Waals surface area (Å²) in [6, 6.07) is 5.52. The monoisotopic (exact) mass is 340 g/mol. The van der Waals surface area contributed by atoms with Crippen LogP contribution in [0.3, 0.4) is 0 Å². The molecule has 0 aliphatic carbocycles. The Balaban J connectivity index is 1.86. The molecule has 0 aromatic heterocycles. The Morgan fingerprint density at radius 3 is 2.65 bits per heavy atom. The smallest absolute Gasteiger partial charge is 0.319 e. The van der Waals surface area contributed by atoms with E-state index >= 15 is 0 Å². The standard InChI is InChI=1S/C15H24N4O3S/c1-12(11-19-8-3-2-4-9-19)17-15(20)18-13-6-5-7-14(10-13)23(16,21)22/h5-7,10,12H,2-4,8-9,11H2,1H3,(H2,16,21,22)(H2,17,18,20)/t12-/m0/s1. The van der Waals surface area contributed by atoms with Crippen molar-refractivity contribution in [2.45, 2.75) is 37.1 Å². The fourth-order valence-corrected chi connectivity index (χ4v) is 3.28. The summed E-state index contributed by atoms with van der Waals surface area (Å²) < 4.78 is 22.6. The molecule has 1 aliphatic rings. The molecular formula is C15H24N4O3S. The number of rotatable bonds is 5. The summed E-state index contributed by atoms with van der Waals surface area (Å²) in [5.74, 6) is 0. The lowest BCUT2D eigenvalue weighted by molar-refractivity contribution is 0.206. The molecule has 128 valence electrons. The van der Waals surface area contributed by atoms with Crippen molar-refractivity contribution in [3.63, 3.8) is 0 Å². The molecule has 1 aromatic carbocycles. The fourth-order valence-electron chi connectivity index (χ4n) is 2.72. The van der Waals surface area contributed by atoms with Gasteiger partial charge in [0, 0.05) is 18.3 Å². The first-order valence-electron chi connectivity index (χ1n) is 7.77. The zero-order valence-corrected chi connectivity index (χ0v) is 14.1. The summed E-state index contributed by atoms with van der Waals surface area (Å²) in [5.41, 5.74) is 0.388. The number of hydrogen-bond acceptors (Lipinski definition) is 4. The van der Waals surface area contributed by atoms with Crippen molar-refractivity contribution in [2.75, 3.05) is 25.0 Å². The molecule has 8 heteroatoms. The van der Waals surface area contributed by atoms with Gasteiger partial charge in [0.05, 0.1) is 4.90 Å². The van der Waals surface area contributed by atoms with Crippen molar-refractivity contribution >= 4 is 21.7 Å². The Kier molecular flexibility index (Phi) is 5.97. The molecule has 2 rings (SSSR count). The van der Waals surface area contributed by atoms with Gasteiger partial charge in [-0.25, -0.2) is 18.4 Å². The van der Waals surface area contributed by atoms with Crippen LogP contribution in [0.2, 0.25) is 0 Å². The minimum atomic E-state index is -3.78. The summed E-state index contributed by atoms with van der Waals surface area (Å²) in [6.07, 6.45) is 3.69. The van der Waals surface area contributed by atoms with Crippen LogP contribution in [0.1, 0.15) is 26.2 Å². The third kappa shape index (κ3) is 5.81. The second-order valence-corrected chi connectivity index (χ2v) is 7.50. The lowest BCUT2D eigenvalue weighted by Gasteiger charge is -2.29. The Hall–Kier alpha value is -1.64. The highest BCUT2D eigenvalue weighted by molar-refractivity contribution is 7.89. The van der Waals surface area contributed by atoms with Crippen LogP contribution in [-0.2, 0) is 10.0 Å². The number of amides is 2. The summed E-state index contributed by atoms with van der Waals surface area (Å²) in [5, 5.41) is 10.6. The van der Waals surface area contributed by atoms with E-state index in [4.69, 9.17) is 5.14 Å². The second kappa shape index (κ2) is 7.76. The zero-order chi connectivity index (χ0) is 16.9. The minimum absolute atomic E-state index is 0.00882. The maximum atomic E-state index is 12.0. The number of primary sulfonamides is 1. The van der Waals surface area contributed by atoms with Crippen LogP contribution in [0.25, 0.3) is 0 Å². The Morgan fingerprint density at radius 1 is 1.30 bits per heavy atom. The topological polar surface area (TPSA) is 105 Å². The third-order valence-electron chi connectivity index (χ3n) is 3.78. The van der Waals surface area contributed by atoms with Crippen LogP contribution in [0.15, 0.2) is 29.2 Å². The molecule has 0 unspecified atom stereocenters. The van der Waals surface area contributed by atoms with Crippen molar-refractivity contribution < 1.29 is 13.2 Å². The number of hydrogen-bond donors (Lipinski definition) is 3. The predicted octanol–water partition coefficient (Wildman–Crippen LogP) is 1.33. The van der Waals surface area contributed by atoms with E-state index in [2.05, 4.69) is 15.5 Å². The van der Waals surface area contributed by atoms with Gasteiger partial charge in [0.1, 0.15) is 0 Å². The number of piperidine rings is 1. The Labute approximate surface area is 137 Å². The van der Waals surface area contributed by atoms with Gasteiger partial charge >= 0.3 is 6.03 Å². The third-order valence-corrected chi connectivity index (χ3v) is 4.69. The molecule has 0 saturated carbocycles. The van der Waals surface area contributed by atoms with Gasteiger partial charge < -0.3 is 15.5 Å². The van der Waals surface area contributed by atoms with Crippen molar-refractivity contribution in [1.29, 1.82) is 0 Å². The molecule has 1 aliphatic heterocycles. The summed E-state index contributed by atoms with van der Waals surface area (Å²) in [4.78, 5) is 14.3. The summed E-state index contributed by atoms with van der Waals surface area (Å²) in [7, 11) is -3.78. The molecule has 4 N–H and O–H groups in total. The number of carbonyl (C=O) groups excluding carboxylic acids is 1. The number of carbonyl (C=O) groups is 1. The lowest BCUT2D eigenvalue weighted by atomic mass is 10.1. The normalized spacial score (nSPS) is 17.5. The predicted molar refractivity (Wildman–Crippen MR) is 89.7 cm³/mol. The van der Waals surface area contributed by atoms with Crippen molar-refractivity contribution in [3.05, 3.63) is 24.3 Å². The van der Waals surface area contributed by atoms with Crippen molar-refractivity contribution in [1.82, 2.24) is 10.2 Å². The van der Waals surface area contributed by atoms with E-state index in [-0.39, 0.29) is 17.0 Å². The van der Waals surface area contributed by atoms with Crippen LogP contribution >= 0.6 is 0 Å². The molecule has 2 amide bonds. The number of urea groups is 1. The number of likely N-dealkylation sites (tertiary alicyclic amines) is 1. The van der Waals surface area contributed by atoms with Crippen LogP contribution in [0.4, 0.5) is 10.5 Å². The average molecular weight is 340 g/mol. The van der Waals surface area contributed by atoms with Gasteiger partial charge in [-0.3, -0.25) is 0 Å². The van der Waals surface area contributed by atoms with Gasteiger partial charge in [-0.1, -0.05) is 12.5 Å². The SMILES string of the molecule is C[C@@H](CN1CCCCC1)NC(=O)Nc1cccc(S(N)(=O)=O)c1. The van der Waals surface area contributed by atoms with Gasteiger partial charge in [-0.15, -0.1) is 0 Å². The number of nitrogens with one attached hydrogen (secondary N) is 2. The van der Waals surface area contributed by atoms with E-state index < -0.39 is 10.0 Å². The lowest BCUT2D eigenvalue weighted by Crippen LogP contribution is -2.45. The molecule has 1 atom stereocenters. The number of nitrogens with zero attached hydrogens (tertiary/aromatic N) is 1. The minimum Gasteiger partial charge on any atom is -0.334 e. The van der Waals surface area contributed by atoms with Crippen LogP contribution in [0, 0.1) is 0 Å². The van der Waals surface area contributed by atoms with E-state index in [1.807, 2.05) is 6.92 Å². The molecule has 1 fully saturated rings. The molecule has 1 saturated heterocycles. The van der Waals surface area contributed by atoms with E-state index in [1.165, 1.54) is 37.5 Å². The molecule has 0 radical (unpaired) electrons. The van der Waals surface area contributed by atoms with Crippen LogP contribution in [0.5, 0.6) is 0 Å². The highest BCUT2D eigenvalue weighted by Crippen LogP contribution is 2.14. The Bertz CT molecular complexity index is 642. The maximum Gasteiger partial charge on any atom is 0.319 e. The second-order valence-electron chi connectivity index (χ2n) is 5.93. The number of anilines is 1. The van der Waals surface area contributed by atoms with Gasteiger partial charge in [0.25, 0.3) is 0 Å². The first-order chi connectivity index (χ1) is 10.8. The largest absolute Gasteiger partial charge is 0.334 e. The van der Waals surface area contributed by atoms with Gasteiger partial charge in [-0.2, -0.15) is 0 Å². The first kappa shape index (κ1) is 17.7. The molecule has 1 aromatic rings. The van der Waals surface area contributed by atoms with Gasteiger partial charge in [0.2, 0.25) is 10.0 Å². The van der Waals surface area contributed by atoms with Gasteiger partial charge in [-0.05, 0) is 51.1 Å². The highest BCUT2D eigenvalue weighted by atomic mass is 32.2.